The van der Waals surface area contributed by atoms with Gasteiger partial charge in [-0.15, -0.1) is 0 Å². The van der Waals surface area contributed by atoms with E-state index in [4.69, 9.17) is 5.11 Å². The number of aliphatic hydroxyl groups excluding tert-OH is 1. The molecule has 1 heterocycles. The van der Waals surface area contributed by atoms with E-state index in [1.165, 1.54) is 22.4 Å². The van der Waals surface area contributed by atoms with E-state index in [9.17, 15) is 0 Å². The number of hydrogen-bond donors (Lipinski definition) is 1. The van der Waals surface area contributed by atoms with E-state index < -0.39 is 0 Å². The van der Waals surface area contributed by atoms with Gasteiger partial charge in [-0.3, -0.25) is 0 Å². The maximum atomic E-state index is 8.94. The largest absolute Gasteiger partial charge is 0.396 e. The Morgan fingerprint density at radius 1 is 0.947 bits per heavy atom. The summed E-state index contributed by atoms with van der Waals surface area (Å²) >= 11 is 0. The third-order valence-electron chi connectivity index (χ3n) is 3.83. The molecule has 0 radical (unpaired) electrons. The van der Waals surface area contributed by atoms with E-state index in [0.29, 0.717) is 0 Å². The van der Waals surface area contributed by atoms with Gasteiger partial charge in [0.05, 0.1) is 0 Å². The first kappa shape index (κ1) is 12.2. The Bertz CT molecular complexity index is 547. The van der Waals surface area contributed by atoms with Crippen LogP contribution in [0.15, 0.2) is 48.5 Å². The van der Waals surface area contributed by atoms with Crippen molar-refractivity contribution in [3.63, 3.8) is 0 Å². The lowest BCUT2D eigenvalue weighted by Crippen LogP contribution is -2.30. The first-order valence-electron chi connectivity index (χ1n) is 6.88. The van der Waals surface area contributed by atoms with Gasteiger partial charge in [-0.25, -0.2) is 0 Å². The minimum absolute atomic E-state index is 0.219. The number of rotatable bonds is 3. The topological polar surface area (TPSA) is 23.5 Å². The molecule has 1 aliphatic rings. The molecule has 1 aliphatic heterocycles. The molecule has 0 fully saturated rings. The van der Waals surface area contributed by atoms with Crippen LogP contribution in [0.2, 0.25) is 0 Å². The molecule has 0 unspecified atom stereocenters. The monoisotopic (exact) mass is 253 g/mol. The van der Waals surface area contributed by atoms with Crippen molar-refractivity contribution < 1.29 is 5.11 Å². The third kappa shape index (κ3) is 2.64. The average molecular weight is 253 g/mol. The minimum Gasteiger partial charge on any atom is -0.396 e. The van der Waals surface area contributed by atoms with Gasteiger partial charge in [-0.2, -0.15) is 0 Å². The molecule has 0 saturated heterocycles. The Morgan fingerprint density at radius 2 is 1.68 bits per heavy atom. The zero-order valence-corrected chi connectivity index (χ0v) is 11.0. The van der Waals surface area contributed by atoms with E-state index in [-0.39, 0.29) is 6.61 Å². The molecule has 0 bridgehead atoms. The number of benzene rings is 2. The first-order chi connectivity index (χ1) is 9.36. The maximum absolute atomic E-state index is 8.94. The Morgan fingerprint density at radius 3 is 2.42 bits per heavy atom. The van der Waals surface area contributed by atoms with Gasteiger partial charge in [-0.1, -0.05) is 36.4 Å². The smallest absolute Gasteiger partial charge is 0.0471 e. The number of hydrogen-bond acceptors (Lipinski definition) is 2. The lowest BCUT2D eigenvalue weighted by atomic mass is 9.99. The van der Waals surface area contributed by atoms with Gasteiger partial charge in [0.15, 0.2) is 0 Å². The van der Waals surface area contributed by atoms with E-state index in [1.54, 1.807) is 0 Å². The average Bonchev–Trinajstić information content (AvgIpc) is 2.48. The zero-order chi connectivity index (χ0) is 13.1. The Kier molecular flexibility index (Phi) is 3.51. The molecular formula is C17H19NO. The SMILES string of the molecule is OCCc1ccc(N2CCc3ccccc3C2)cc1. The van der Waals surface area contributed by atoms with Crippen LogP contribution in [0.4, 0.5) is 5.69 Å². The predicted octanol–water partition coefficient (Wildman–Crippen LogP) is 2.78. The summed E-state index contributed by atoms with van der Waals surface area (Å²) in [5, 5.41) is 8.94. The molecule has 0 aromatic heterocycles. The summed E-state index contributed by atoms with van der Waals surface area (Å²) in [6.45, 7) is 2.29. The summed E-state index contributed by atoms with van der Waals surface area (Å²) in [7, 11) is 0. The van der Waals surface area contributed by atoms with Crippen LogP contribution in [0.25, 0.3) is 0 Å². The van der Waals surface area contributed by atoms with Crippen molar-refractivity contribution in [3.05, 3.63) is 65.2 Å². The normalized spacial score (nSPS) is 14.3. The number of nitrogens with zero attached hydrogens (tertiary/aromatic N) is 1. The van der Waals surface area contributed by atoms with Crippen LogP contribution in [0.5, 0.6) is 0 Å². The van der Waals surface area contributed by atoms with Gasteiger partial charge in [0.25, 0.3) is 0 Å². The fraction of sp³-hybridized carbons (Fsp3) is 0.294. The summed E-state index contributed by atoms with van der Waals surface area (Å²) in [6.07, 6.45) is 1.86. The molecule has 2 aromatic rings. The van der Waals surface area contributed by atoms with Crippen molar-refractivity contribution in [3.8, 4) is 0 Å². The van der Waals surface area contributed by atoms with Crippen LogP contribution in [0, 0.1) is 0 Å². The minimum atomic E-state index is 0.219. The summed E-state index contributed by atoms with van der Waals surface area (Å²) in [5.74, 6) is 0. The van der Waals surface area contributed by atoms with E-state index in [2.05, 4.69) is 53.4 Å². The molecule has 2 heteroatoms. The van der Waals surface area contributed by atoms with Gasteiger partial charge in [0.2, 0.25) is 0 Å². The zero-order valence-electron chi connectivity index (χ0n) is 11.0. The molecule has 19 heavy (non-hydrogen) atoms. The van der Waals surface area contributed by atoms with Crippen molar-refractivity contribution in [1.29, 1.82) is 0 Å². The summed E-state index contributed by atoms with van der Waals surface area (Å²) in [4.78, 5) is 2.42. The van der Waals surface area contributed by atoms with Crippen molar-refractivity contribution in [2.45, 2.75) is 19.4 Å². The van der Waals surface area contributed by atoms with Crippen molar-refractivity contribution >= 4 is 5.69 Å². The summed E-state index contributed by atoms with van der Waals surface area (Å²) in [5.41, 5.74) is 5.39. The lowest BCUT2D eigenvalue weighted by molar-refractivity contribution is 0.299. The predicted molar refractivity (Wildman–Crippen MR) is 78.4 cm³/mol. The highest BCUT2D eigenvalue weighted by atomic mass is 16.2. The van der Waals surface area contributed by atoms with Crippen LogP contribution >= 0.6 is 0 Å². The second-order valence-corrected chi connectivity index (χ2v) is 5.08. The molecule has 2 aromatic carbocycles. The van der Waals surface area contributed by atoms with Gasteiger partial charge in [-0.05, 0) is 41.7 Å². The second-order valence-electron chi connectivity index (χ2n) is 5.08. The highest BCUT2D eigenvalue weighted by molar-refractivity contribution is 5.50. The molecule has 0 spiro atoms. The molecule has 1 N–H and O–H groups in total. The molecule has 2 nitrogen and oxygen atoms in total. The summed E-state index contributed by atoms with van der Waals surface area (Å²) < 4.78 is 0. The van der Waals surface area contributed by atoms with Crippen LogP contribution < -0.4 is 4.90 Å². The fourth-order valence-electron chi connectivity index (χ4n) is 2.72. The maximum Gasteiger partial charge on any atom is 0.0471 e. The van der Waals surface area contributed by atoms with Crippen LogP contribution in [-0.2, 0) is 19.4 Å². The van der Waals surface area contributed by atoms with Crippen molar-refractivity contribution in [2.75, 3.05) is 18.1 Å². The quantitative estimate of drug-likeness (QED) is 0.909. The van der Waals surface area contributed by atoms with Crippen LogP contribution in [-0.4, -0.2) is 18.3 Å². The van der Waals surface area contributed by atoms with Crippen molar-refractivity contribution in [2.24, 2.45) is 0 Å². The highest BCUT2D eigenvalue weighted by Crippen LogP contribution is 2.24. The fourth-order valence-corrected chi connectivity index (χ4v) is 2.72. The molecule has 0 saturated carbocycles. The second kappa shape index (κ2) is 5.45. The molecule has 0 amide bonds. The van der Waals surface area contributed by atoms with Gasteiger partial charge in [0, 0.05) is 25.4 Å². The van der Waals surface area contributed by atoms with Crippen LogP contribution in [0.1, 0.15) is 16.7 Å². The number of fused-ring (bicyclic) bond motifs is 1. The standard InChI is InChI=1S/C17H19NO/c19-12-10-14-5-7-17(8-6-14)18-11-9-15-3-1-2-4-16(15)13-18/h1-8,19H,9-13H2. The van der Waals surface area contributed by atoms with Crippen LogP contribution in [0.3, 0.4) is 0 Å². The Balaban J connectivity index is 1.77. The van der Waals surface area contributed by atoms with Gasteiger partial charge < -0.3 is 10.0 Å². The molecule has 98 valence electrons. The van der Waals surface area contributed by atoms with E-state index in [1.807, 2.05) is 0 Å². The number of anilines is 1. The highest BCUT2D eigenvalue weighted by Gasteiger charge is 2.15. The first-order valence-corrected chi connectivity index (χ1v) is 6.88. The van der Waals surface area contributed by atoms with Gasteiger partial charge >= 0.3 is 0 Å². The van der Waals surface area contributed by atoms with Gasteiger partial charge in [0.1, 0.15) is 0 Å². The Hall–Kier alpha value is -1.80. The molecule has 0 atom stereocenters. The lowest BCUT2D eigenvalue weighted by Gasteiger charge is -2.30. The number of aliphatic hydroxyl groups is 1. The summed E-state index contributed by atoms with van der Waals surface area (Å²) in [6, 6.07) is 17.3. The molecule has 0 aliphatic carbocycles. The molecular weight excluding hydrogens is 234 g/mol. The third-order valence-corrected chi connectivity index (χ3v) is 3.83. The molecule has 3 rings (SSSR count). The van der Waals surface area contributed by atoms with Crippen molar-refractivity contribution in [1.82, 2.24) is 0 Å². The van der Waals surface area contributed by atoms with E-state index in [0.717, 1.165) is 25.9 Å². The van der Waals surface area contributed by atoms with E-state index >= 15 is 0 Å². The Labute approximate surface area is 114 Å².